The number of ether oxygens (including phenoxy) is 1. The maximum Gasteiger partial charge on any atom is 0.408 e. The topological polar surface area (TPSA) is 108 Å². The Bertz CT molecular complexity index is 1100. The highest BCUT2D eigenvalue weighted by atomic mass is 16.6. The maximum atomic E-state index is 14.2. The van der Waals surface area contributed by atoms with Gasteiger partial charge in [-0.2, -0.15) is 0 Å². The van der Waals surface area contributed by atoms with Crippen molar-refractivity contribution in [1.29, 1.82) is 0 Å². The Morgan fingerprint density at radius 3 is 2.28 bits per heavy atom. The van der Waals surface area contributed by atoms with Gasteiger partial charge in [-0.3, -0.25) is 9.59 Å². The lowest BCUT2D eigenvalue weighted by atomic mass is 9.97. The Labute approximate surface area is 233 Å². The monoisotopic (exact) mass is 539 g/mol. The van der Waals surface area contributed by atoms with Crippen LogP contribution in [-0.2, 0) is 20.9 Å². The third-order valence-electron chi connectivity index (χ3n) is 6.16. The molecule has 0 spiro atoms. The highest BCUT2D eigenvalue weighted by molar-refractivity contribution is 5.92. The van der Waals surface area contributed by atoms with Gasteiger partial charge in [-0.25, -0.2) is 4.79 Å². The van der Waals surface area contributed by atoms with Crippen molar-refractivity contribution in [2.75, 3.05) is 6.54 Å². The molecule has 8 nitrogen and oxygen atoms in total. The van der Waals surface area contributed by atoms with Crippen LogP contribution in [0.2, 0.25) is 0 Å². The quantitative estimate of drug-likeness (QED) is 0.324. The number of carbonyl (C=O) groups is 3. The van der Waals surface area contributed by atoms with Gasteiger partial charge in [0.1, 0.15) is 23.4 Å². The highest BCUT2D eigenvalue weighted by Crippen LogP contribution is 2.33. The number of nitrogens with one attached hydrogen (secondary N) is 2. The van der Waals surface area contributed by atoms with E-state index in [-0.39, 0.29) is 24.8 Å². The molecule has 0 saturated heterocycles. The van der Waals surface area contributed by atoms with Gasteiger partial charge in [0.15, 0.2) is 0 Å². The van der Waals surface area contributed by atoms with Crippen molar-refractivity contribution in [2.24, 2.45) is 5.92 Å². The normalized spacial score (nSPS) is 12.9. The fourth-order valence-electron chi connectivity index (χ4n) is 4.27. The second kappa shape index (κ2) is 14.6. The summed E-state index contributed by atoms with van der Waals surface area (Å²) < 4.78 is 5.44. The Morgan fingerprint density at radius 2 is 1.69 bits per heavy atom. The zero-order valence-corrected chi connectivity index (χ0v) is 24.4. The number of phenolic OH excluding ortho intramolecular Hbond substituents is 1. The van der Waals surface area contributed by atoms with Crippen molar-refractivity contribution in [1.82, 2.24) is 15.5 Å². The fraction of sp³-hybridized carbons (Fsp3) is 0.516. The summed E-state index contributed by atoms with van der Waals surface area (Å²) >= 11 is 0. The lowest BCUT2D eigenvalue weighted by Crippen LogP contribution is -2.53. The van der Waals surface area contributed by atoms with Gasteiger partial charge in [0, 0.05) is 18.7 Å². The molecule has 0 aliphatic heterocycles. The molecular formula is C31H45N3O5. The van der Waals surface area contributed by atoms with Crippen LogP contribution in [0, 0.1) is 12.8 Å². The zero-order valence-electron chi connectivity index (χ0n) is 24.4. The molecule has 8 heteroatoms. The summed E-state index contributed by atoms with van der Waals surface area (Å²) in [6.45, 7) is 13.5. The predicted octanol–water partition coefficient (Wildman–Crippen LogP) is 5.63. The predicted molar refractivity (Wildman–Crippen MR) is 153 cm³/mol. The first kappa shape index (κ1) is 31.7. The number of alkyl carbamates (subject to hydrolysis) is 1. The van der Waals surface area contributed by atoms with E-state index in [1.165, 1.54) is 4.90 Å². The van der Waals surface area contributed by atoms with E-state index in [9.17, 15) is 19.5 Å². The Balaban J connectivity index is 2.51. The smallest absolute Gasteiger partial charge is 0.408 e. The number of rotatable bonds is 12. The second-order valence-electron chi connectivity index (χ2n) is 11.3. The average molecular weight is 540 g/mol. The number of aromatic hydroxyl groups is 1. The highest BCUT2D eigenvalue weighted by Gasteiger charge is 2.37. The van der Waals surface area contributed by atoms with Gasteiger partial charge in [-0.1, -0.05) is 75.7 Å². The van der Waals surface area contributed by atoms with E-state index in [1.807, 2.05) is 51.1 Å². The van der Waals surface area contributed by atoms with E-state index in [0.717, 1.165) is 12.0 Å². The lowest BCUT2D eigenvalue weighted by molar-refractivity contribution is -0.143. The minimum Gasteiger partial charge on any atom is -0.507 e. The molecule has 2 unspecified atom stereocenters. The molecule has 2 aromatic rings. The number of carbonyl (C=O) groups excluding carboxylic acids is 3. The van der Waals surface area contributed by atoms with Crippen molar-refractivity contribution >= 4 is 17.9 Å². The number of hydrogen-bond donors (Lipinski definition) is 3. The average Bonchev–Trinajstić information content (AvgIpc) is 2.85. The van der Waals surface area contributed by atoms with E-state index < -0.39 is 35.6 Å². The third-order valence-corrected chi connectivity index (χ3v) is 6.16. The Morgan fingerprint density at radius 1 is 1.03 bits per heavy atom. The molecule has 39 heavy (non-hydrogen) atoms. The number of phenols is 1. The molecular weight excluding hydrogens is 494 g/mol. The molecule has 0 saturated carbocycles. The summed E-state index contributed by atoms with van der Waals surface area (Å²) in [4.78, 5) is 42.2. The Hall–Kier alpha value is -3.55. The van der Waals surface area contributed by atoms with E-state index in [1.54, 1.807) is 45.9 Å². The largest absolute Gasteiger partial charge is 0.507 e. The van der Waals surface area contributed by atoms with Crippen molar-refractivity contribution in [3.63, 3.8) is 0 Å². The van der Waals surface area contributed by atoms with Gasteiger partial charge in [-0.05, 0) is 57.6 Å². The summed E-state index contributed by atoms with van der Waals surface area (Å²) in [5.41, 5.74) is 1.12. The number of aryl methyl sites for hydroxylation is 1. The van der Waals surface area contributed by atoms with Gasteiger partial charge in [0.05, 0.1) is 0 Å². The van der Waals surface area contributed by atoms with Crippen LogP contribution in [-0.4, -0.2) is 46.1 Å². The number of unbranched alkanes of at least 4 members (excludes halogenated alkanes) is 1. The van der Waals surface area contributed by atoms with Gasteiger partial charge in [-0.15, -0.1) is 0 Å². The van der Waals surface area contributed by atoms with Crippen molar-refractivity contribution in [2.45, 2.75) is 92.0 Å². The van der Waals surface area contributed by atoms with E-state index in [2.05, 4.69) is 10.6 Å². The first-order valence-corrected chi connectivity index (χ1v) is 13.7. The fourth-order valence-corrected chi connectivity index (χ4v) is 4.27. The lowest BCUT2D eigenvalue weighted by Gasteiger charge is -2.35. The van der Waals surface area contributed by atoms with Crippen LogP contribution in [0.15, 0.2) is 48.5 Å². The molecule has 0 heterocycles. The third kappa shape index (κ3) is 9.93. The summed E-state index contributed by atoms with van der Waals surface area (Å²) in [5.74, 6) is -0.764. The molecule has 0 radical (unpaired) electrons. The van der Waals surface area contributed by atoms with Crippen LogP contribution < -0.4 is 10.6 Å². The molecule has 2 rings (SSSR count). The second-order valence-corrected chi connectivity index (χ2v) is 11.3. The summed E-state index contributed by atoms with van der Waals surface area (Å²) in [7, 11) is 0. The molecule has 3 amide bonds. The van der Waals surface area contributed by atoms with Gasteiger partial charge < -0.3 is 25.4 Å². The van der Waals surface area contributed by atoms with Crippen LogP contribution in [0.1, 0.15) is 83.5 Å². The summed E-state index contributed by atoms with van der Waals surface area (Å²) in [6, 6.07) is 12.7. The molecule has 0 bridgehead atoms. The van der Waals surface area contributed by atoms with Gasteiger partial charge >= 0.3 is 6.09 Å². The number of nitrogens with zero attached hydrogens (tertiary/aromatic N) is 1. The molecule has 2 atom stereocenters. The van der Waals surface area contributed by atoms with Crippen LogP contribution in [0.5, 0.6) is 5.75 Å². The molecule has 2 aromatic carbocycles. The number of benzene rings is 2. The molecule has 0 fully saturated rings. The summed E-state index contributed by atoms with van der Waals surface area (Å²) in [5, 5.41) is 16.7. The standard InChI is InChI=1S/C31H45N3O5/c1-8-9-18-34(29(37)25(19-21(2)3)33-30(38)39-31(5,6)7)26(24-17-13-14-22(4)27(24)35)28(36)32-20-23-15-11-10-12-16-23/h10-17,21,25-26,35H,8-9,18-20H2,1-7H3,(H,32,36)(H,33,38). The van der Waals surface area contributed by atoms with E-state index >= 15 is 0 Å². The molecule has 214 valence electrons. The Kier molecular flexibility index (Phi) is 11.8. The first-order chi connectivity index (χ1) is 18.3. The van der Waals surface area contributed by atoms with Crippen molar-refractivity contribution < 1.29 is 24.2 Å². The SMILES string of the molecule is CCCCN(C(=O)C(CC(C)C)NC(=O)OC(C)(C)C)C(C(=O)NCc1ccccc1)c1cccc(C)c1O. The van der Waals surface area contributed by atoms with E-state index in [0.29, 0.717) is 24.0 Å². The molecule has 0 aromatic heterocycles. The molecule has 0 aliphatic rings. The van der Waals surface area contributed by atoms with Crippen LogP contribution in [0.3, 0.4) is 0 Å². The van der Waals surface area contributed by atoms with E-state index in [4.69, 9.17) is 4.74 Å². The van der Waals surface area contributed by atoms with Crippen molar-refractivity contribution in [3.05, 3.63) is 65.2 Å². The molecule has 0 aliphatic carbocycles. The zero-order chi connectivity index (χ0) is 29.2. The minimum absolute atomic E-state index is 0.0350. The number of para-hydroxylation sites is 1. The molecule has 3 N–H and O–H groups in total. The van der Waals surface area contributed by atoms with Gasteiger partial charge in [0.2, 0.25) is 11.8 Å². The number of amides is 3. The van der Waals surface area contributed by atoms with Gasteiger partial charge in [0.25, 0.3) is 0 Å². The number of hydrogen-bond acceptors (Lipinski definition) is 5. The van der Waals surface area contributed by atoms with Crippen molar-refractivity contribution in [3.8, 4) is 5.75 Å². The van der Waals surface area contributed by atoms with Crippen LogP contribution in [0.4, 0.5) is 4.79 Å². The summed E-state index contributed by atoms with van der Waals surface area (Å²) in [6.07, 6.45) is 1.09. The minimum atomic E-state index is -1.09. The van der Waals surface area contributed by atoms with Crippen LogP contribution >= 0.6 is 0 Å². The van der Waals surface area contributed by atoms with Crippen LogP contribution in [0.25, 0.3) is 0 Å². The maximum absolute atomic E-state index is 14.2. The first-order valence-electron chi connectivity index (χ1n) is 13.7.